The molecule has 84 valence electrons. The van der Waals surface area contributed by atoms with Crippen LogP contribution in [0.25, 0.3) is 0 Å². The molecule has 0 saturated heterocycles. The average molecular weight is 243 g/mol. The summed E-state index contributed by atoms with van der Waals surface area (Å²) < 4.78 is 13.9. The van der Waals surface area contributed by atoms with E-state index in [1.807, 2.05) is 36.4 Å². The summed E-state index contributed by atoms with van der Waals surface area (Å²) in [6.07, 6.45) is 0. The van der Waals surface area contributed by atoms with Gasteiger partial charge < -0.3 is 0 Å². The van der Waals surface area contributed by atoms with Crippen LogP contribution in [0.3, 0.4) is 0 Å². The minimum atomic E-state index is -1.11. The van der Waals surface area contributed by atoms with Crippen LogP contribution >= 0.6 is 11.8 Å². The number of hydrogen-bond acceptors (Lipinski definition) is 2. The molecule has 0 radical (unpaired) electrons. The van der Waals surface area contributed by atoms with E-state index in [2.05, 4.69) is 0 Å². The van der Waals surface area contributed by atoms with Gasteiger partial charge in [-0.3, -0.25) is 0 Å². The van der Waals surface area contributed by atoms with E-state index >= 15 is 0 Å². The lowest BCUT2D eigenvalue weighted by Crippen LogP contribution is -1.86. The smallest absolute Gasteiger partial charge is 0.175 e. The first-order valence-corrected chi connectivity index (χ1v) is 6.03. The summed E-state index contributed by atoms with van der Waals surface area (Å²) >= 11 is 1.16. The number of alkyl halides is 1. The van der Waals surface area contributed by atoms with E-state index in [9.17, 15) is 4.39 Å². The fourth-order valence-corrected chi connectivity index (χ4v) is 2.24. The van der Waals surface area contributed by atoms with Gasteiger partial charge in [0.25, 0.3) is 0 Å². The Bertz CT molecular complexity index is 516. The van der Waals surface area contributed by atoms with E-state index in [1.165, 1.54) is 0 Å². The van der Waals surface area contributed by atoms with Crippen molar-refractivity contribution in [3.05, 3.63) is 65.7 Å². The van der Waals surface area contributed by atoms with Crippen molar-refractivity contribution in [2.45, 2.75) is 10.4 Å². The highest BCUT2D eigenvalue weighted by atomic mass is 32.2. The van der Waals surface area contributed by atoms with Crippen LogP contribution in [0.4, 0.5) is 4.39 Å². The summed E-state index contributed by atoms with van der Waals surface area (Å²) in [6.45, 7) is 0. The molecule has 0 bridgehead atoms. The molecule has 0 amide bonds. The molecule has 2 rings (SSSR count). The van der Waals surface area contributed by atoms with Gasteiger partial charge >= 0.3 is 0 Å². The largest absolute Gasteiger partial charge is 0.230 e. The van der Waals surface area contributed by atoms with E-state index in [4.69, 9.17) is 5.26 Å². The zero-order chi connectivity index (χ0) is 12.1. The fourth-order valence-electron chi connectivity index (χ4n) is 1.40. The van der Waals surface area contributed by atoms with E-state index in [-0.39, 0.29) is 0 Å². The second-order valence-corrected chi connectivity index (χ2v) is 4.60. The van der Waals surface area contributed by atoms with Gasteiger partial charge in [-0.2, -0.15) is 5.26 Å². The second-order valence-electron chi connectivity index (χ2n) is 3.48. The van der Waals surface area contributed by atoms with Crippen molar-refractivity contribution in [1.29, 1.82) is 5.26 Å². The number of hydrogen-bond donors (Lipinski definition) is 0. The molecule has 1 nitrogen and oxygen atoms in total. The van der Waals surface area contributed by atoms with Gasteiger partial charge in [-0.15, -0.1) is 0 Å². The summed E-state index contributed by atoms with van der Waals surface area (Å²) in [7, 11) is 0. The highest BCUT2D eigenvalue weighted by molar-refractivity contribution is 7.99. The first kappa shape index (κ1) is 11.7. The lowest BCUT2D eigenvalue weighted by Gasteiger charge is -2.08. The molecule has 0 aliphatic rings. The fraction of sp³-hybridized carbons (Fsp3) is 0.0714. The Morgan fingerprint density at radius 1 is 1.00 bits per heavy atom. The molecule has 0 saturated carbocycles. The maximum atomic E-state index is 13.9. The zero-order valence-corrected chi connectivity index (χ0v) is 9.82. The Morgan fingerprint density at radius 2 is 1.65 bits per heavy atom. The van der Waals surface area contributed by atoms with Gasteiger partial charge in [0.05, 0.1) is 11.6 Å². The molecule has 2 aromatic carbocycles. The molecule has 0 aliphatic carbocycles. The van der Waals surface area contributed by atoms with E-state index < -0.39 is 5.50 Å². The Morgan fingerprint density at radius 3 is 2.24 bits per heavy atom. The van der Waals surface area contributed by atoms with Gasteiger partial charge in [0.15, 0.2) is 5.50 Å². The second kappa shape index (κ2) is 5.51. The molecule has 0 N–H and O–H groups in total. The van der Waals surface area contributed by atoms with Gasteiger partial charge in [0.1, 0.15) is 0 Å². The van der Waals surface area contributed by atoms with Crippen molar-refractivity contribution in [1.82, 2.24) is 0 Å². The molecular formula is C14H10FNS. The van der Waals surface area contributed by atoms with Crippen LogP contribution in [0, 0.1) is 11.3 Å². The lowest BCUT2D eigenvalue weighted by atomic mass is 10.2. The van der Waals surface area contributed by atoms with Crippen molar-refractivity contribution in [2.24, 2.45) is 0 Å². The SMILES string of the molecule is N#Cc1ccc(C(F)Sc2ccccc2)cc1. The van der Waals surface area contributed by atoms with Gasteiger partial charge in [-0.05, 0) is 29.8 Å². The standard InChI is InChI=1S/C14H10FNS/c15-14(17-13-4-2-1-3-5-13)12-8-6-11(10-16)7-9-12/h1-9,14H. The normalized spacial score (nSPS) is 11.8. The summed E-state index contributed by atoms with van der Waals surface area (Å²) in [5.41, 5.74) is 0.0219. The Kier molecular flexibility index (Phi) is 3.79. The van der Waals surface area contributed by atoms with E-state index in [0.29, 0.717) is 11.1 Å². The summed E-state index contributed by atoms with van der Waals surface area (Å²) in [5, 5.41) is 8.65. The minimum absolute atomic E-state index is 0.547. The molecule has 3 heteroatoms. The molecule has 0 aliphatic heterocycles. The predicted octanol–water partition coefficient (Wildman–Crippen LogP) is 4.32. The Labute approximate surface area is 104 Å². The van der Waals surface area contributed by atoms with Crippen molar-refractivity contribution < 1.29 is 4.39 Å². The molecular weight excluding hydrogens is 233 g/mol. The highest BCUT2D eigenvalue weighted by Crippen LogP contribution is 2.35. The summed E-state index contributed by atoms with van der Waals surface area (Å²) in [6, 6.07) is 18.0. The van der Waals surface area contributed by atoms with Crippen molar-refractivity contribution in [3.63, 3.8) is 0 Å². The third kappa shape index (κ3) is 3.08. The quantitative estimate of drug-likeness (QED) is 0.750. The number of rotatable bonds is 3. The average Bonchev–Trinajstić information content (AvgIpc) is 2.40. The number of nitrogens with zero attached hydrogens (tertiary/aromatic N) is 1. The van der Waals surface area contributed by atoms with E-state index in [0.717, 1.165) is 16.7 Å². The number of benzene rings is 2. The monoisotopic (exact) mass is 243 g/mol. The van der Waals surface area contributed by atoms with Crippen LogP contribution in [-0.2, 0) is 0 Å². The first-order valence-electron chi connectivity index (χ1n) is 5.15. The number of thioether (sulfide) groups is 1. The maximum absolute atomic E-state index is 13.9. The number of halogens is 1. The third-order valence-corrected chi connectivity index (χ3v) is 3.31. The predicted molar refractivity (Wildman–Crippen MR) is 67.3 cm³/mol. The highest BCUT2D eigenvalue weighted by Gasteiger charge is 2.10. The Balaban J connectivity index is 2.10. The minimum Gasteiger partial charge on any atom is -0.230 e. The van der Waals surface area contributed by atoms with Crippen molar-refractivity contribution in [2.75, 3.05) is 0 Å². The van der Waals surface area contributed by atoms with Gasteiger partial charge in [0, 0.05) is 4.90 Å². The lowest BCUT2D eigenvalue weighted by molar-refractivity contribution is 0.469. The molecule has 0 fully saturated rings. The zero-order valence-electron chi connectivity index (χ0n) is 9.01. The van der Waals surface area contributed by atoms with Gasteiger partial charge in [-0.1, -0.05) is 42.1 Å². The third-order valence-electron chi connectivity index (χ3n) is 2.28. The van der Waals surface area contributed by atoms with Crippen LogP contribution in [0.1, 0.15) is 16.6 Å². The molecule has 17 heavy (non-hydrogen) atoms. The van der Waals surface area contributed by atoms with Crippen LogP contribution in [0.15, 0.2) is 59.5 Å². The first-order chi connectivity index (χ1) is 8.29. The van der Waals surface area contributed by atoms with Crippen molar-refractivity contribution in [3.8, 4) is 6.07 Å². The summed E-state index contributed by atoms with van der Waals surface area (Å²) in [4.78, 5) is 0.893. The van der Waals surface area contributed by atoms with Crippen LogP contribution in [-0.4, -0.2) is 0 Å². The Hall–Kier alpha value is -1.79. The van der Waals surface area contributed by atoms with Crippen LogP contribution in [0.2, 0.25) is 0 Å². The summed E-state index contributed by atoms with van der Waals surface area (Å²) in [5.74, 6) is 0. The molecule has 2 aromatic rings. The topological polar surface area (TPSA) is 23.8 Å². The van der Waals surface area contributed by atoms with Crippen LogP contribution < -0.4 is 0 Å². The van der Waals surface area contributed by atoms with Gasteiger partial charge in [0.2, 0.25) is 0 Å². The molecule has 0 aromatic heterocycles. The molecule has 0 spiro atoms. The van der Waals surface area contributed by atoms with Crippen LogP contribution in [0.5, 0.6) is 0 Å². The molecule has 1 unspecified atom stereocenters. The number of nitriles is 1. The van der Waals surface area contributed by atoms with E-state index in [1.54, 1.807) is 24.3 Å². The molecule has 0 heterocycles. The maximum Gasteiger partial charge on any atom is 0.175 e. The molecule has 1 atom stereocenters. The van der Waals surface area contributed by atoms with Gasteiger partial charge in [-0.25, -0.2) is 4.39 Å². The van der Waals surface area contributed by atoms with Crippen molar-refractivity contribution >= 4 is 11.8 Å².